The van der Waals surface area contributed by atoms with Crippen molar-refractivity contribution in [1.82, 2.24) is 0 Å². The van der Waals surface area contributed by atoms with Crippen molar-refractivity contribution in [3.8, 4) is 11.5 Å². The highest BCUT2D eigenvalue weighted by molar-refractivity contribution is 6.05. The van der Waals surface area contributed by atoms with Crippen LogP contribution in [0, 0.1) is 5.92 Å². The maximum absolute atomic E-state index is 6.55. The van der Waals surface area contributed by atoms with Gasteiger partial charge in [0, 0.05) is 17.3 Å². The van der Waals surface area contributed by atoms with Crippen molar-refractivity contribution in [2.75, 3.05) is 20.0 Å². The van der Waals surface area contributed by atoms with Gasteiger partial charge in [0.15, 0.2) is 0 Å². The number of hydrogen-bond donors (Lipinski definition) is 2. The number of ether oxygens (including phenoxy) is 2. The third-order valence-corrected chi connectivity index (χ3v) is 6.25. The van der Waals surface area contributed by atoms with Crippen LogP contribution in [0.15, 0.2) is 90.2 Å². The Morgan fingerprint density at radius 1 is 0.667 bits per heavy atom. The molecule has 2 aliphatic rings. The van der Waals surface area contributed by atoms with Crippen LogP contribution >= 0.6 is 0 Å². The van der Waals surface area contributed by atoms with Gasteiger partial charge >= 0.3 is 0 Å². The Bertz CT molecular complexity index is 1330. The average Bonchev–Trinajstić information content (AvgIpc) is 3.14. The van der Waals surface area contributed by atoms with Crippen LogP contribution in [0.3, 0.4) is 0 Å². The van der Waals surface area contributed by atoms with Crippen molar-refractivity contribution in [2.24, 2.45) is 11.7 Å². The molecule has 0 aromatic heterocycles. The van der Waals surface area contributed by atoms with Gasteiger partial charge in [0.1, 0.15) is 11.5 Å². The van der Waals surface area contributed by atoms with Crippen molar-refractivity contribution in [3.63, 3.8) is 0 Å². The third kappa shape index (κ3) is 3.80. The summed E-state index contributed by atoms with van der Waals surface area (Å²) in [5.74, 6) is 1.68. The molecule has 0 heterocycles. The molecule has 0 spiro atoms. The zero-order valence-electron chi connectivity index (χ0n) is 18.7. The molecule has 2 aliphatic carbocycles. The van der Waals surface area contributed by atoms with E-state index in [1.165, 1.54) is 16.7 Å². The lowest BCUT2D eigenvalue weighted by atomic mass is 9.81. The smallest absolute Gasteiger partial charge is 0.118 e. The number of benzene rings is 3. The Labute approximate surface area is 194 Å². The number of nitrogen functional groups attached to an aromatic ring is 1. The molecule has 4 heteroatoms. The average molecular weight is 435 g/mol. The monoisotopic (exact) mass is 434 g/mol. The number of allylic oxidation sites excluding steroid dienone is 5. The SMILES string of the molecule is COc1ccc(C=C2C(N)=CC=C3c4ccc(N)cc4C(=Cc4ccc(OC)cc4)C23)cc1. The highest BCUT2D eigenvalue weighted by atomic mass is 16.5. The number of anilines is 1. The van der Waals surface area contributed by atoms with Gasteiger partial charge in [-0.2, -0.15) is 0 Å². The molecule has 3 aromatic carbocycles. The fraction of sp³-hybridized carbons (Fsp3) is 0.103. The summed E-state index contributed by atoms with van der Waals surface area (Å²) < 4.78 is 10.6. The van der Waals surface area contributed by atoms with E-state index in [-0.39, 0.29) is 5.92 Å². The van der Waals surface area contributed by atoms with Gasteiger partial charge in [-0.3, -0.25) is 0 Å². The predicted molar refractivity (Wildman–Crippen MR) is 136 cm³/mol. The first-order chi connectivity index (χ1) is 16.1. The molecular formula is C29H26N2O2. The zero-order chi connectivity index (χ0) is 22.9. The second-order valence-electron chi connectivity index (χ2n) is 8.23. The lowest BCUT2D eigenvalue weighted by Gasteiger charge is -2.23. The Morgan fingerprint density at radius 2 is 1.24 bits per heavy atom. The largest absolute Gasteiger partial charge is 0.497 e. The maximum atomic E-state index is 6.55. The van der Waals surface area contributed by atoms with Gasteiger partial charge in [0.25, 0.3) is 0 Å². The minimum Gasteiger partial charge on any atom is -0.497 e. The number of rotatable bonds is 4. The van der Waals surface area contributed by atoms with Crippen LogP contribution in [0.25, 0.3) is 23.3 Å². The number of hydrogen-bond acceptors (Lipinski definition) is 4. The van der Waals surface area contributed by atoms with Crippen LogP contribution < -0.4 is 20.9 Å². The van der Waals surface area contributed by atoms with Crippen LogP contribution in [0.2, 0.25) is 0 Å². The quantitative estimate of drug-likeness (QED) is 0.511. The lowest BCUT2D eigenvalue weighted by Crippen LogP contribution is -2.14. The van der Waals surface area contributed by atoms with E-state index in [0.717, 1.165) is 45.1 Å². The number of nitrogens with two attached hydrogens (primary N) is 2. The molecular weight excluding hydrogens is 408 g/mol. The van der Waals surface area contributed by atoms with Crippen molar-refractivity contribution in [2.45, 2.75) is 0 Å². The van der Waals surface area contributed by atoms with E-state index in [1.807, 2.05) is 48.5 Å². The highest BCUT2D eigenvalue weighted by Gasteiger charge is 2.36. The van der Waals surface area contributed by atoms with E-state index in [1.54, 1.807) is 14.2 Å². The van der Waals surface area contributed by atoms with E-state index >= 15 is 0 Å². The minimum absolute atomic E-state index is 0.0241. The first kappa shape index (κ1) is 20.7. The summed E-state index contributed by atoms with van der Waals surface area (Å²) in [7, 11) is 3.35. The van der Waals surface area contributed by atoms with Gasteiger partial charge < -0.3 is 20.9 Å². The van der Waals surface area contributed by atoms with E-state index in [9.17, 15) is 0 Å². The molecule has 0 saturated carbocycles. The highest BCUT2D eigenvalue weighted by Crippen LogP contribution is 2.53. The second kappa shape index (κ2) is 8.40. The maximum Gasteiger partial charge on any atom is 0.118 e. The van der Waals surface area contributed by atoms with E-state index in [2.05, 4.69) is 42.5 Å². The summed E-state index contributed by atoms with van der Waals surface area (Å²) in [5, 5.41) is 0. The molecule has 3 aromatic rings. The molecule has 0 bridgehead atoms. The van der Waals surface area contributed by atoms with Gasteiger partial charge in [-0.1, -0.05) is 42.5 Å². The summed E-state index contributed by atoms with van der Waals surface area (Å²) in [4.78, 5) is 0. The van der Waals surface area contributed by atoms with Crippen LogP contribution in [0.1, 0.15) is 22.3 Å². The fourth-order valence-corrected chi connectivity index (χ4v) is 4.58. The fourth-order valence-electron chi connectivity index (χ4n) is 4.58. The van der Waals surface area contributed by atoms with Crippen molar-refractivity contribution in [1.29, 1.82) is 0 Å². The molecule has 5 rings (SSSR count). The summed E-state index contributed by atoms with van der Waals surface area (Å²) >= 11 is 0. The van der Waals surface area contributed by atoms with Gasteiger partial charge in [-0.25, -0.2) is 0 Å². The zero-order valence-corrected chi connectivity index (χ0v) is 18.7. The van der Waals surface area contributed by atoms with Gasteiger partial charge in [-0.05, 0) is 87.5 Å². The molecule has 0 fully saturated rings. The molecule has 0 aliphatic heterocycles. The predicted octanol–water partition coefficient (Wildman–Crippen LogP) is 5.78. The molecule has 0 radical (unpaired) electrons. The summed E-state index contributed by atoms with van der Waals surface area (Å²) in [6.45, 7) is 0. The van der Waals surface area contributed by atoms with Gasteiger partial charge in [-0.15, -0.1) is 0 Å². The van der Waals surface area contributed by atoms with E-state index < -0.39 is 0 Å². The molecule has 164 valence electrons. The Morgan fingerprint density at radius 3 is 1.82 bits per heavy atom. The lowest BCUT2D eigenvalue weighted by molar-refractivity contribution is 0.414. The number of fused-ring (bicyclic) bond motifs is 3. The third-order valence-electron chi connectivity index (χ3n) is 6.25. The molecule has 33 heavy (non-hydrogen) atoms. The molecule has 0 amide bonds. The normalized spacial score (nSPS) is 19.0. The number of methoxy groups -OCH3 is 2. The standard InChI is InChI=1S/C29H26N2O2/c1-32-21-8-3-18(4-9-21)15-26-25-17-20(30)7-12-23(25)24-13-14-28(31)27(29(24)26)16-19-5-10-22(33-2)11-6-19/h3-17,29H,30-31H2,1-2H3. The summed E-state index contributed by atoms with van der Waals surface area (Å²) in [6.07, 6.45) is 8.52. The van der Waals surface area contributed by atoms with Gasteiger partial charge in [0.2, 0.25) is 0 Å². The summed E-state index contributed by atoms with van der Waals surface area (Å²) in [5.41, 5.74) is 22.3. The van der Waals surface area contributed by atoms with Crippen molar-refractivity contribution < 1.29 is 9.47 Å². The molecule has 4 nitrogen and oxygen atoms in total. The van der Waals surface area contributed by atoms with Crippen LogP contribution in [0.5, 0.6) is 11.5 Å². The molecule has 0 saturated heterocycles. The summed E-state index contributed by atoms with van der Waals surface area (Å²) in [6, 6.07) is 22.2. The first-order valence-electron chi connectivity index (χ1n) is 10.9. The topological polar surface area (TPSA) is 70.5 Å². The minimum atomic E-state index is 0.0241. The van der Waals surface area contributed by atoms with E-state index in [4.69, 9.17) is 20.9 Å². The Kier molecular flexibility index (Phi) is 5.27. The Hall–Kier alpha value is -4.18. The van der Waals surface area contributed by atoms with Crippen molar-refractivity contribution in [3.05, 3.63) is 112 Å². The molecule has 4 N–H and O–H groups in total. The Balaban J connectivity index is 1.66. The van der Waals surface area contributed by atoms with Crippen molar-refractivity contribution >= 4 is 29.0 Å². The second-order valence-corrected chi connectivity index (χ2v) is 8.23. The molecule has 1 unspecified atom stereocenters. The van der Waals surface area contributed by atoms with E-state index in [0.29, 0.717) is 0 Å². The van der Waals surface area contributed by atoms with Crippen LogP contribution in [-0.2, 0) is 0 Å². The van der Waals surface area contributed by atoms with Gasteiger partial charge in [0.05, 0.1) is 14.2 Å². The molecule has 1 atom stereocenters. The van der Waals surface area contributed by atoms with Crippen LogP contribution in [0.4, 0.5) is 5.69 Å². The first-order valence-corrected chi connectivity index (χ1v) is 10.9. The van der Waals surface area contributed by atoms with Crippen LogP contribution in [-0.4, -0.2) is 14.2 Å².